The van der Waals surface area contributed by atoms with Crippen LogP contribution in [-0.4, -0.2) is 30.5 Å². The molecule has 1 aromatic heterocycles. The molecular weight excluding hydrogens is 254 g/mol. The first-order valence-corrected chi connectivity index (χ1v) is 7.96. The largest absolute Gasteiger partial charge is 0.357 e. The lowest BCUT2D eigenvalue weighted by atomic mass is 9.93. The smallest absolute Gasteiger partial charge is 0.194 e. The number of nitrogens with zero attached hydrogens (tertiary/aromatic N) is 2. The van der Waals surface area contributed by atoms with Crippen LogP contribution in [0.2, 0.25) is 0 Å². The fourth-order valence-corrected chi connectivity index (χ4v) is 3.26. The number of hydrogen-bond donors (Lipinski definition) is 1. The van der Waals surface area contributed by atoms with E-state index in [0.29, 0.717) is 5.41 Å². The summed E-state index contributed by atoms with van der Waals surface area (Å²) in [5, 5.41) is 5.57. The maximum Gasteiger partial charge on any atom is 0.194 e. The van der Waals surface area contributed by atoms with Crippen LogP contribution in [0.3, 0.4) is 0 Å². The molecular formula is C15H25N3S. The molecule has 2 rings (SSSR count). The molecule has 1 aromatic rings. The van der Waals surface area contributed by atoms with E-state index < -0.39 is 0 Å². The highest BCUT2D eigenvalue weighted by Crippen LogP contribution is 2.28. The Hall–Kier alpha value is -1.03. The molecule has 0 atom stereocenters. The Balaban J connectivity index is 2.05. The summed E-state index contributed by atoms with van der Waals surface area (Å²) in [4.78, 5) is 8.57. The number of hydrogen-bond acceptors (Lipinski definition) is 2. The maximum absolute atomic E-state index is 4.81. The second-order valence-corrected chi connectivity index (χ2v) is 7.03. The molecule has 19 heavy (non-hydrogen) atoms. The van der Waals surface area contributed by atoms with Crippen molar-refractivity contribution in [3.63, 3.8) is 0 Å². The van der Waals surface area contributed by atoms with Crippen LogP contribution in [0.4, 0.5) is 0 Å². The molecule has 106 valence electrons. The van der Waals surface area contributed by atoms with E-state index in [1.165, 1.54) is 16.9 Å². The summed E-state index contributed by atoms with van der Waals surface area (Å²) in [6, 6.07) is 2.17. The third-order valence-electron chi connectivity index (χ3n) is 3.65. The number of nitrogens with one attached hydrogen (secondary N) is 1. The van der Waals surface area contributed by atoms with Gasteiger partial charge >= 0.3 is 0 Å². The molecule has 0 bridgehead atoms. The van der Waals surface area contributed by atoms with Gasteiger partial charge in [0, 0.05) is 24.5 Å². The predicted octanol–water partition coefficient (Wildman–Crippen LogP) is 3.25. The minimum absolute atomic E-state index is 0.412. The van der Waals surface area contributed by atoms with Crippen molar-refractivity contribution in [2.75, 3.05) is 19.6 Å². The van der Waals surface area contributed by atoms with Crippen molar-refractivity contribution >= 4 is 17.3 Å². The summed E-state index contributed by atoms with van der Waals surface area (Å²) in [6.07, 6.45) is 1.25. The average molecular weight is 279 g/mol. The van der Waals surface area contributed by atoms with E-state index in [1.807, 2.05) is 0 Å². The molecule has 0 saturated carbocycles. The highest BCUT2D eigenvalue weighted by Gasteiger charge is 2.30. The molecule has 1 aliphatic rings. The van der Waals surface area contributed by atoms with Crippen molar-refractivity contribution in [3.8, 4) is 0 Å². The van der Waals surface area contributed by atoms with E-state index in [1.54, 1.807) is 11.3 Å². The molecule has 1 saturated heterocycles. The van der Waals surface area contributed by atoms with Crippen LogP contribution in [0, 0.1) is 12.3 Å². The second kappa shape index (κ2) is 5.95. The zero-order valence-corrected chi connectivity index (χ0v) is 13.3. The van der Waals surface area contributed by atoms with Crippen molar-refractivity contribution in [1.82, 2.24) is 10.2 Å². The second-order valence-electron chi connectivity index (χ2n) is 6.03. The van der Waals surface area contributed by atoms with E-state index in [2.05, 4.69) is 49.4 Å². The predicted molar refractivity (Wildman–Crippen MR) is 83.8 cm³/mol. The summed E-state index contributed by atoms with van der Waals surface area (Å²) in [7, 11) is 0. The number of thiophene rings is 1. The first-order chi connectivity index (χ1) is 9.02. The van der Waals surface area contributed by atoms with E-state index in [-0.39, 0.29) is 0 Å². The van der Waals surface area contributed by atoms with Crippen molar-refractivity contribution in [3.05, 3.63) is 21.9 Å². The van der Waals surface area contributed by atoms with Gasteiger partial charge < -0.3 is 10.2 Å². The Bertz CT molecular complexity index is 448. The molecule has 0 amide bonds. The van der Waals surface area contributed by atoms with Crippen LogP contribution in [0.25, 0.3) is 0 Å². The van der Waals surface area contributed by atoms with Crippen molar-refractivity contribution < 1.29 is 0 Å². The summed E-state index contributed by atoms with van der Waals surface area (Å²) >= 11 is 1.80. The van der Waals surface area contributed by atoms with Gasteiger partial charge in [0.2, 0.25) is 0 Å². The fourth-order valence-electron chi connectivity index (χ4n) is 2.43. The SMILES string of the molecule is CCNC(=NCc1sccc1C)N1CCC(C)(C)C1. The summed E-state index contributed by atoms with van der Waals surface area (Å²) in [6.45, 7) is 12.9. The van der Waals surface area contributed by atoms with E-state index in [4.69, 9.17) is 4.99 Å². The van der Waals surface area contributed by atoms with Gasteiger partial charge in [-0.15, -0.1) is 11.3 Å². The topological polar surface area (TPSA) is 27.6 Å². The van der Waals surface area contributed by atoms with Gasteiger partial charge in [-0.25, -0.2) is 4.99 Å². The minimum atomic E-state index is 0.412. The highest BCUT2D eigenvalue weighted by molar-refractivity contribution is 7.10. The molecule has 3 nitrogen and oxygen atoms in total. The number of aliphatic imine (C=N–C) groups is 1. The molecule has 0 radical (unpaired) electrons. The number of aryl methyl sites for hydroxylation is 1. The van der Waals surface area contributed by atoms with E-state index in [9.17, 15) is 0 Å². The number of guanidine groups is 1. The van der Waals surface area contributed by atoms with Gasteiger partial charge in [-0.1, -0.05) is 13.8 Å². The van der Waals surface area contributed by atoms with Gasteiger partial charge in [-0.2, -0.15) is 0 Å². The molecule has 1 fully saturated rings. The fraction of sp³-hybridized carbons (Fsp3) is 0.667. The molecule has 1 N–H and O–H groups in total. The van der Waals surface area contributed by atoms with Gasteiger partial charge in [0.15, 0.2) is 5.96 Å². The molecule has 1 aliphatic heterocycles. The van der Waals surface area contributed by atoms with Crippen LogP contribution in [-0.2, 0) is 6.54 Å². The number of rotatable bonds is 3. The zero-order chi connectivity index (χ0) is 13.9. The standard InChI is InChI=1S/C15H25N3S/c1-5-16-14(18-8-7-15(3,4)11-18)17-10-13-12(2)6-9-19-13/h6,9H,5,7-8,10-11H2,1-4H3,(H,16,17). The molecule has 2 heterocycles. The lowest BCUT2D eigenvalue weighted by molar-refractivity contribution is 0.370. The van der Waals surface area contributed by atoms with Crippen molar-refractivity contribution in [2.24, 2.45) is 10.4 Å². The molecule has 0 unspecified atom stereocenters. The van der Waals surface area contributed by atoms with Gasteiger partial charge in [-0.3, -0.25) is 0 Å². The van der Waals surface area contributed by atoms with Gasteiger partial charge in [-0.05, 0) is 42.7 Å². The third kappa shape index (κ3) is 3.72. The first kappa shape index (κ1) is 14.4. The Morgan fingerprint density at radius 1 is 1.53 bits per heavy atom. The van der Waals surface area contributed by atoms with Crippen molar-refractivity contribution in [2.45, 2.75) is 40.7 Å². The van der Waals surface area contributed by atoms with Crippen LogP contribution in [0.1, 0.15) is 37.6 Å². The van der Waals surface area contributed by atoms with Crippen LogP contribution in [0.15, 0.2) is 16.4 Å². The number of likely N-dealkylation sites (tertiary alicyclic amines) is 1. The van der Waals surface area contributed by atoms with Gasteiger partial charge in [0.05, 0.1) is 6.54 Å². The van der Waals surface area contributed by atoms with Gasteiger partial charge in [0.1, 0.15) is 0 Å². The summed E-state index contributed by atoms with van der Waals surface area (Å²) in [5.41, 5.74) is 1.76. The summed E-state index contributed by atoms with van der Waals surface area (Å²) in [5.74, 6) is 1.07. The van der Waals surface area contributed by atoms with E-state index >= 15 is 0 Å². The third-order valence-corrected chi connectivity index (χ3v) is 4.66. The Morgan fingerprint density at radius 3 is 2.84 bits per heavy atom. The summed E-state index contributed by atoms with van der Waals surface area (Å²) < 4.78 is 0. The van der Waals surface area contributed by atoms with Gasteiger partial charge in [0.25, 0.3) is 0 Å². The average Bonchev–Trinajstić information content (AvgIpc) is 2.91. The van der Waals surface area contributed by atoms with Crippen molar-refractivity contribution in [1.29, 1.82) is 0 Å². The van der Waals surface area contributed by atoms with Crippen LogP contribution < -0.4 is 5.32 Å². The molecule has 0 aliphatic carbocycles. The lowest BCUT2D eigenvalue weighted by Crippen LogP contribution is -2.40. The Labute approximate surface area is 120 Å². The minimum Gasteiger partial charge on any atom is -0.357 e. The normalized spacial score (nSPS) is 18.9. The Morgan fingerprint density at radius 2 is 2.32 bits per heavy atom. The maximum atomic E-state index is 4.81. The van der Waals surface area contributed by atoms with Crippen LogP contribution in [0.5, 0.6) is 0 Å². The van der Waals surface area contributed by atoms with Crippen LogP contribution >= 0.6 is 11.3 Å². The lowest BCUT2D eigenvalue weighted by Gasteiger charge is -2.23. The first-order valence-electron chi connectivity index (χ1n) is 7.08. The molecule has 4 heteroatoms. The Kier molecular flexibility index (Phi) is 4.50. The van der Waals surface area contributed by atoms with E-state index in [0.717, 1.165) is 32.1 Å². The molecule has 0 spiro atoms. The monoisotopic (exact) mass is 279 g/mol. The molecule has 0 aromatic carbocycles. The highest BCUT2D eigenvalue weighted by atomic mass is 32.1. The quantitative estimate of drug-likeness (QED) is 0.679. The zero-order valence-electron chi connectivity index (χ0n) is 12.5.